The summed E-state index contributed by atoms with van der Waals surface area (Å²) >= 11 is 0. The Morgan fingerprint density at radius 1 is 1.07 bits per heavy atom. The molecule has 0 aliphatic carbocycles. The number of aryl methyl sites for hydroxylation is 2. The molecule has 70 valence electrons. The molecule has 0 unspecified atom stereocenters. The van der Waals surface area contributed by atoms with Crippen molar-refractivity contribution in [2.75, 3.05) is 0 Å². The van der Waals surface area contributed by atoms with Crippen molar-refractivity contribution in [2.24, 2.45) is 0 Å². The standard InChI is InChI=1S/C12H12N2/c1-9-5-6-11(10(2)8-9)12-4-3-7-13-14-12/h3-8H,1-2H3. The third-order valence-electron chi connectivity index (χ3n) is 2.23. The molecule has 2 heteroatoms. The summed E-state index contributed by atoms with van der Waals surface area (Å²) in [6.45, 7) is 4.18. The molecule has 1 heterocycles. The van der Waals surface area contributed by atoms with E-state index in [0.717, 1.165) is 11.3 Å². The van der Waals surface area contributed by atoms with Gasteiger partial charge in [-0.1, -0.05) is 23.8 Å². The van der Waals surface area contributed by atoms with E-state index in [4.69, 9.17) is 0 Å². The lowest BCUT2D eigenvalue weighted by Gasteiger charge is -2.04. The first kappa shape index (κ1) is 8.88. The summed E-state index contributed by atoms with van der Waals surface area (Å²) in [4.78, 5) is 0. The average molecular weight is 184 g/mol. The van der Waals surface area contributed by atoms with Gasteiger partial charge in [-0.15, -0.1) is 0 Å². The van der Waals surface area contributed by atoms with Gasteiger partial charge in [0.25, 0.3) is 0 Å². The Morgan fingerprint density at radius 2 is 1.93 bits per heavy atom. The third kappa shape index (κ3) is 1.64. The number of rotatable bonds is 1. The van der Waals surface area contributed by atoms with Crippen LogP contribution in [-0.2, 0) is 0 Å². The molecule has 2 rings (SSSR count). The lowest BCUT2D eigenvalue weighted by molar-refractivity contribution is 1.04. The second kappa shape index (κ2) is 3.58. The molecular weight excluding hydrogens is 172 g/mol. The number of nitrogens with zero attached hydrogens (tertiary/aromatic N) is 2. The van der Waals surface area contributed by atoms with Gasteiger partial charge in [0.15, 0.2) is 0 Å². The van der Waals surface area contributed by atoms with E-state index in [1.165, 1.54) is 11.1 Å². The average Bonchev–Trinajstić information content (AvgIpc) is 2.19. The zero-order valence-corrected chi connectivity index (χ0v) is 8.36. The zero-order valence-electron chi connectivity index (χ0n) is 8.36. The zero-order chi connectivity index (χ0) is 9.97. The Kier molecular flexibility index (Phi) is 2.27. The summed E-state index contributed by atoms with van der Waals surface area (Å²) in [6, 6.07) is 10.2. The van der Waals surface area contributed by atoms with Crippen molar-refractivity contribution < 1.29 is 0 Å². The summed E-state index contributed by atoms with van der Waals surface area (Å²) in [7, 11) is 0. The van der Waals surface area contributed by atoms with Crippen LogP contribution >= 0.6 is 0 Å². The van der Waals surface area contributed by atoms with Gasteiger partial charge in [-0.3, -0.25) is 0 Å². The van der Waals surface area contributed by atoms with Gasteiger partial charge in [-0.2, -0.15) is 10.2 Å². The number of benzene rings is 1. The van der Waals surface area contributed by atoms with Gasteiger partial charge in [-0.25, -0.2) is 0 Å². The van der Waals surface area contributed by atoms with Gasteiger partial charge in [0.1, 0.15) is 0 Å². The van der Waals surface area contributed by atoms with Gasteiger partial charge < -0.3 is 0 Å². The molecule has 0 aliphatic heterocycles. The van der Waals surface area contributed by atoms with Crippen molar-refractivity contribution in [3.63, 3.8) is 0 Å². The fourth-order valence-electron chi connectivity index (χ4n) is 1.55. The van der Waals surface area contributed by atoms with Gasteiger partial charge in [0.05, 0.1) is 5.69 Å². The highest BCUT2D eigenvalue weighted by Gasteiger charge is 2.02. The molecule has 0 aliphatic rings. The van der Waals surface area contributed by atoms with Gasteiger partial charge >= 0.3 is 0 Å². The van der Waals surface area contributed by atoms with E-state index in [1.54, 1.807) is 6.20 Å². The maximum atomic E-state index is 4.09. The lowest BCUT2D eigenvalue weighted by atomic mass is 10.0. The van der Waals surface area contributed by atoms with Crippen molar-refractivity contribution in [3.05, 3.63) is 47.7 Å². The molecule has 0 amide bonds. The van der Waals surface area contributed by atoms with Crippen LogP contribution in [0.5, 0.6) is 0 Å². The monoisotopic (exact) mass is 184 g/mol. The first-order valence-electron chi connectivity index (χ1n) is 4.63. The Morgan fingerprint density at radius 3 is 2.57 bits per heavy atom. The quantitative estimate of drug-likeness (QED) is 0.681. The Hall–Kier alpha value is -1.70. The van der Waals surface area contributed by atoms with Crippen LogP contribution in [0.15, 0.2) is 36.5 Å². The van der Waals surface area contributed by atoms with E-state index in [1.807, 2.05) is 12.1 Å². The molecule has 2 aromatic rings. The predicted octanol–water partition coefficient (Wildman–Crippen LogP) is 2.76. The highest BCUT2D eigenvalue weighted by molar-refractivity contribution is 5.63. The first-order chi connectivity index (χ1) is 6.77. The smallest absolute Gasteiger partial charge is 0.0932 e. The van der Waals surface area contributed by atoms with E-state index in [2.05, 4.69) is 42.2 Å². The maximum absolute atomic E-state index is 4.09. The molecule has 1 aromatic heterocycles. The van der Waals surface area contributed by atoms with Crippen molar-refractivity contribution in [1.29, 1.82) is 0 Å². The minimum atomic E-state index is 0.935. The fourth-order valence-corrected chi connectivity index (χ4v) is 1.55. The number of hydrogen-bond donors (Lipinski definition) is 0. The topological polar surface area (TPSA) is 25.8 Å². The van der Waals surface area contributed by atoms with E-state index in [-0.39, 0.29) is 0 Å². The maximum Gasteiger partial charge on any atom is 0.0932 e. The van der Waals surface area contributed by atoms with Crippen LogP contribution in [0, 0.1) is 13.8 Å². The third-order valence-corrected chi connectivity index (χ3v) is 2.23. The molecule has 2 nitrogen and oxygen atoms in total. The van der Waals surface area contributed by atoms with E-state index in [0.29, 0.717) is 0 Å². The van der Waals surface area contributed by atoms with E-state index < -0.39 is 0 Å². The van der Waals surface area contributed by atoms with Crippen molar-refractivity contribution in [3.8, 4) is 11.3 Å². The van der Waals surface area contributed by atoms with Crippen LogP contribution in [-0.4, -0.2) is 10.2 Å². The molecule has 0 saturated carbocycles. The molecular formula is C12H12N2. The summed E-state index contributed by atoms with van der Waals surface area (Å²) < 4.78 is 0. The summed E-state index contributed by atoms with van der Waals surface area (Å²) in [6.07, 6.45) is 1.69. The minimum absolute atomic E-state index is 0.935. The van der Waals surface area contributed by atoms with Gasteiger partial charge in [0, 0.05) is 11.8 Å². The second-order valence-electron chi connectivity index (χ2n) is 3.43. The Bertz CT molecular complexity index is 435. The highest BCUT2D eigenvalue weighted by atomic mass is 15.1. The Balaban J connectivity index is 2.53. The molecule has 0 atom stereocenters. The normalized spacial score (nSPS) is 10.1. The van der Waals surface area contributed by atoms with Crippen LogP contribution in [0.3, 0.4) is 0 Å². The predicted molar refractivity (Wildman–Crippen MR) is 56.9 cm³/mol. The van der Waals surface area contributed by atoms with Crippen molar-refractivity contribution in [2.45, 2.75) is 13.8 Å². The molecule has 1 aromatic carbocycles. The van der Waals surface area contributed by atoms with E-state index >= 15 is 0 Å². The molecule has 14 heavy (non-hydrogen) atoms. The van der Waals surface area contributed by atoms with Crippen molar-refractivity contribution >= 4 is 0 Å². The number of hydrogen-bond acceptors (Lipinski definition) is 2. The summed E-state index contributed by atoms with van der Waals surface area (Å²) in [5.74, 6) is 0. The van der Waals surface area contributed by atoms with Crippen LogP contribution in [0.25, 0.3) is 11.3 Å². The summed E-state index contributed by atoms with van der Waals surface area (Å²) in [5, 5.41) is 7.96. The van der Waals surface area contributed by atoms with Crippen molar-refractivity contribution in [1.82, 2.24) is 10.2 Å². The fraction of sp³-hybridized carbons (Fsp3) is 0.167. The molecule has 0 spiro atoms. The van der Waals surface area contributed by atoms with Crippen LogP contribution in [0.4, 0.5) is 0 Å². The molecule has 0 fully saturated rings. The van der Waals surface area contributed by atoms with Crippen LogP contribution in [0.2, 0.25) is 0 Å². The largest absolute Gasteiger partial charge is 0.159 e. The SMILES string of the molecule is Cc1ccc(-c2cccnn2)c(C)c1. The second-order valence-corrected chi connectivity index (χ2v) is 3.43. The van der Waals surface area contributed by atoms with E-state index in [9.17, 15) is 0 Å². The minimum Gasteiger partial charge on any atom is -0.159 e. The molecule has 0 N–H and O–H groups in total. The van der Waals surface area contributed by atoms with Crippen LogP contribution < -0.4 is 0 Å². The van der Waals surface area contributed by atoms with Gasteiger partial charge in [-0.05, 0) is 31.5 Å². The lowest BCUT2D eigenvalue weighted by Crippen LogP contribution is -1.89. The first-order valence-corrected chi connectivity index (χ1v) is 4.63. The molecule has 0 saturated heterocycles. The number of aromatic nitrogens is 2. The Labute approximate surface area is 83.6 Å². The van der Waals surface area contributed by atoms with Crippen LogP contribution in [0.1, 0.15) is 11.1 Å². The highest BCUT2D eigenvalue weighted by Crippen LogP contribution is 2.21. The molecule has 0 bridgehead atoms. The summed E-state index contributed by atoms with van der Waals surface area (Å²) in [5.41, 5.74) is 4.61. The van der Waals surface area contributed by atoms with Gasteiger partial charge in [0.2, 0.25) is 0 Å². The molecule has 0 radical (unpaired) electrons.